The molecule has 1 atom stereocenters. The summed E-state index contributed by atoms with van der Waals surface area (Å²) in [5.41, 5.74) is 1.89. The van der Waals surface area contributed by atoms with Crippen LogP contribution in [0.3, 0.4) is 0 Å². The first-order valence-corrected chi connectivity index (χ1v) is 6.54. The SMILES string of the molecule is Cc1cc(F)cc(C(O)c2cc(Cl)ccc2Br)c1. The summed E-state index contributed by atoms with van der Waals surface area (Å²) < 4.78 is 14.1. The van der Waals surface area contributed by atoms with Crippen molar-refractivity contribution in [1.29, 1.82) is 0 Å². The zero-order chi connectivity index (χ0) is 13.3. The van der Waals surface area contributed by atoms with E-state index in [-0.39, 0.29) is 5.82 Å². The minimum absolute atomic E-state index is 0.359. The van der Waals surface area contributed by atoms with Gasteiger partial charge >= 0.3 is 0 Å². The van der Waals surface area contributed by atoms with Gasteiger partial charge in [-0.15, -0.1) is 0 Å². The summed E-state index contributed by atoms with van der Waals surface area (Å²) in [6.07, 6.45) is -0.910. The van der Waals surface area contributed by atoms with Gasteiger partial charge in [0.05, 0.1) is 0 Å². The van der Waals surface area contributed by atoms with Crippen LogP contribution >= 0.6 is 27.5 Å². The first kappa shape index (κ1) is 13.5. The van der Waals surface area contributed by atoms with Gasteiger partial charge < -0.3 is 5.11 Å². The van der Waals surface area contributed by atoms with Gasteiger partial charge in [0, 0.05) is 15.1 Å². The zero-order valence-corrected chi connectivity index (χ0v) is 12.0. The minimum Gasteiger partial charge on any atom is -0.384 e. The molecule has 0 aromatic heterocycles. The van der Waals surface area contributed by atoms with Crippen LogP contribution in [0.4, 0.5) is 4.39 Å². The van der Waals surface area contributed by atoms with Crippen molar-refractivity contribution < 1.29 is 9.50 Å². The Morgan fingerprint density at radius 3 is 2.61 bits per heavy atom. The highest BCUT2D eigenvalue weighted by Crippen LogP contribution is 2.31. The first-order valence-electron chi connectivity index (χ1n) is 5.37. The Bertz CT molecular complexity index is 566. The summed E-state index contributed by atoms with van der Waals surface area (Å²) in [7, 11) is 0. The molecule has 0 fully saturated rings. The summed E-state index contributed by atoms with van der Waals surface area (Å²) in [4.78, 5) is 0. The third-order valence-electron chi connectivity index (χ3n) is 2.63. The monoisotopic (exact) mass is 328 g/mol. The molecule has 0 saturated heterocycles. The van der Waals surface area contributed by atoms with Crippen LogP contribution in [-0.2, 0) is 0 Å². The third-order valence-corrected chi connectivity index (χ3v) is 3.59. The first-order chi connectivity index (χ1) is 8.47. The molecule has 1 N–H and O–H groups in total. The van der Waals surface area contributed by atoms with Gasteiger partial charge in [-0.2, -0.15) is 0 Å². The van der Waals surface area contributed by atoms with Crippen LogP contribution in [-0.4, -0.2) is 5.11 Å². The molecular formula is C14H11BrClFO. The Labute approximate surface area is 118 Å². The molecule has 1 unspecified atom stereocenters. The van der Waals surface area contributed by atoms with E-state index < -0.39 is 6.10 Å². The lowest BCUT2D eigenvalue weighted by Gasteiger charge is -2.14. The van der Waals surface area contributed by atoms with Crippen LogP contribution < -0.4 is 0 Å². The van der Waals surface area contributed by atoms with E-state index in [1.165, 1.54) is 12.1 Å². The van der Waals surface area contributed by atoms with Crippen LogP contribution in [0.25, 0.3) is 0 Å². The maximum absolute atomic E-state index is 13.3. The minimum atomic E-state index is -0.910. The van der Waals surface area contributed by atoms with E-state index in [2.05, 4.69) is 15.9 Å². The predicted molar refractivity (Wildman–Crippen MR) is 74.4 cm³/mol. The van der Waals surface area contributed by atoms with Crippen molar-refractivity contribution in [3.05, 3.63) is 68.4 Å². The zero-order valence-electron chi connectivity index (χ0n) is 9.62. The number of hydrogen-bond acceptors (Lipinski definition) is 1. The lowest BCUT2D eigenvalue weighted by Crippen LogP contribution is -2.02. The molecule has 2 aromatic rings. The number of benzene rings is 2. The Morgan fingerprint density at radius 1 is 1.22 bits per heavy atom. The average molecular weight is 330 g/mol. The van der Waals surface area contributed by atoms with Crippen molar-refractivity contribution in [3.8, 4) is 0 Å². The summed E-state index contributed by atoms with van der Waals surface area (Å²) in [5, 5.41) is 10.8. The molecule has 0 radical (unpaired) electrons. The van der Waals surface area contributed by atoms with Gasteiger partial charge in [-0.25, -0.2) is 4.39 Å². The molecule has 0 amide bonds. The van der Waals surface area contributed by atoms with Crippen LogP contribution in [0.15, 0.2) is 40.9 Å². The number of rotatable bonds is 2. The van der Waals surface area contributed by atoms with Gasteiger partial charge in [-0.1, -0.05) is 33.6 Å². The van der Waals surface area contributed by atoms with Crippen LogP contribution in [0.2, 0.25) is 5.02 Å². The molecule has 0 heterocycles. The average Bonchev–Trinajstić information content (AvgIpc) is 2.30. The number of aliphatic hydroxyl groups excluding tert-OH is 1. The number of halogens is 3. The molecule has 0 aliphatic heterocycles. The maximum Gasteiger partial charge on any atom is 0.123 e. The van der Waals surface area contributed by atoms with Gasteiger partial charge in [0.1, 0.15) is 11.9 Å². The van der Waals surface area contributed by atoms with Crippen molar-refractivity contribution in [3.63, 3.8) is 0 Å². The van der Waals surface area contributed by atoms with Crippen molar-refractivity contribution in [2.45, 2.75) is 13.0 Å². The molecular weight excluding hydrogens is 319 g/mol. The van der Waals surface area contributed by atoms with E-state index in [0.29, 0.717) is 16.1 Å². The highest BCUT2D eigenvalue weighted by Gasteiger charge is 2.15. The molecule has 0 aliphatic carbocycles. The molecule has 0 spiro atoms. The fourth-order valence-corrected chi connectivity index (χ4v) is 2.47. The molecule has 0 saturated carbocycles. The molecule has 2 rings (SSSR count). The second kappa shape index (κ2) is 5.39. The second-order valence-electron chi connectivity index (χ2n) is 4.13. The summed E-state index contributed by atoms with van der Waals surface area (Å²) >= 11 is 9.26. The van der Waals surface area contributed by atoms with Crippen LogP contribution in [0, 0.1) is 12.7 Å². The van der Waals surface area contributed by atoms with Crippen molar-refractivity contribution >= 4 is 27.5 Å². The topological polar surface area (TPSA) is 20.2 Å². The Hall–Kier alpha value is -0.900. The highest BCUT2D eigenvalue weighted by atomic mass is 79.9. The van der Waals surface area contributed by atoms with E-state index in [0.717, 1.165) is 10.0 Å². The molecule has 0 bridgehead atoms. The molecule has 2 aromatic carbocycles. The van der Waals surface area contributed by atoms with Crippen LogP contribution in [0.5, 0.6) is 0 Å². The lowest BCUT2D eigenvalue weighted by molar-refractivity contribution is 0.219. The smallest absolute Gasteiger partial charge is 0.123 e. The van der Waals surface area contributed by atoms with Crippen molar-refractivity contribution in [1.82, 2.24) is 0 Å². The second-order valence-corrected chi connectivity index (χ2v) is 5.42. The van der Waals surface area contributed by atoms with E-state index in [9.17, 15) is 9.50 Å². The molecule has 0 aliphatic rings. The number of aryl methyl sites for hydroxylation is 1. The van der Waals surface area contributed by atoms with Crippen molar-refractivity contribution in [2.24, 2.45) is 0 Å². The van der Waals surface area contributed by atoms with E-state index in [4.69, 9.17) is 11.6 Å². The summed E-state index contributed by atoms with van der Waals surface area (Å²) in [6.45, 7) is 1.78. The normalized spacial score (nSPS) is 12.5. The predicted octanol–water partition coefficient (Wildman–Crippen LogP) is 4.63. The fourth-order valence-electron chi connectivity index (χ4n) is 1.83. The summed E-state index contributed by atoms with van der Waals surface area (Å²) in [5.74, 6) is -0.359. The Balaban J connectivity index is 2.47. The van der Waals surface area contributed by atoms with Gasteiger partial charge in [0.15, 0.2) is 0 Å². The maximum atomic E-state index is 13.3. The molecule has 18 heavy (non-hydrogen) atoms. The Morgan fingerprint density at radius 2 is 1.94 bits per heavy atom. The van der Waals surface area contributed by atoms with Gasteiger partial charge in [0.2, 0.25) is 0 Å². The van der Waals surface area contributed by atoms with E-state index in [1.54, 1.807) is 31.2 Å². The van der Waals surface area contributed by atoms with Gasteiger partial charge in [-0.05, 0) is 48.4 Å². The van der Waals surface area contributed by atoms with E-state index >= 15 is 0 Å². The molecule has 1 nitrogen and oxygen atoms in total. The van der Waals surface area contributed by atoms with E-state index in [1.807, 2.05) is 0 Å². The standard InChI is InChI=1S/C14H11BrClFO/c1-8-4-9(6-11(17)5-8)14(18)12-7-10(16)2-3-13(12)15/h2-7,14,18H,1H3. The highest BCUT2D eigenvalue weighted by molar-refractivity contribution is 9.10. The Kier molecular flexibility index (Phi) is 4.05. The number of aliphatic hydroxyl groups is 1. The largest absolute Gasteiger partial charge is 0.384 e. The third kappa shape index (κ3) is 2.91. The van der Waals surface area contributed by atoms with Crippen LogP contribution in [0.1, 0.15) is 22.8 Å². The fraction of sp³-hybridized carbons (Fsp3) is 0.143. The summed E-state index contributed by atoms with van der Waals surface area (Å²) in [6, 6.07) is 9.64. The quantitative estimate of drug-likeness (QED) is 0.851. The van der Waals surface area contributed by atoms with Gasteiger partial charge in [0.25, 0.3) is 0 Å². The lowest BCUT2D eigenvalue weighted by atomic mass is 10.00. The number of hydrogen-bond donors (Lipinski definition) is 1. The molecule has 94 valence electrons. The van der Waals surface area contributed by atoms with Gasteiger partial charge in [-0.3, -0.25) is 0 Å². The van der Waals surface area contributed by atoms with Crippen molar-refractivity contribution in [2.75, 3.05) is 0 Å². The molecule has 4 heteroatoms.